The highest BCUT2D eigenvalue weighted by Gasteiger charge is 2.08. The van der Waals surface area contributed by atoms with Crippen LogP contribution in [0.2, 0.25) is 0 Å². The number of aliphatic hydroxyl groups excluding tert-OH is 1. The van der Waals surface area contributed by atoms with Crippen LogP contribution >= 0.6 is 12.2 Å². The van der Waals surface area contributed by atoms with Crippen molar-refractivity contribution in [3.8, 4) is 0 Å². The number of Topliss-reactive ketones (excluding diaryl/α,β-unsaturated/α-hetero) is 1. The van der Waals surface area contributed by atoms with Crippen molar-refractivity contribution in [2.45, 2.75) is 6.92 Å². The molecule has 0 saturated heterocycles. The van der Waals surface area contributed by atoms with Gasteiger partial charge in [0, 0.05) is 0 Å². The van der Waals surface area contributed by atoms with Crippen LogP contribution in [0.5, 0.6) is 0 Å². The Labute approximate surface area is 87.9 Å². The van der Waals surface area contributed by atoms with Crippen LogP contribution in [-0.4, -0.2) is 15.9 Å². The van der Waals surface area contributed by atoms with Gasteiger partial charge in [0.2, 0.25) is 0 Å². The lowest BCUT2D eigenvalue weighted by Gasteiger charge is -1.99. The molecule has 3 heteroatoms. The summed E-state index contributed by atoms with van der Waals surface area (Å²) < 4.78 is 0. The fourth-order valence-corrected chi connectivity index (χ4v) is 1.23. The average Bonchev–Trinajstić information content (AvgIpc) is 2.15. The minimum Gasteiger partial charge on any atom is -0.498 e. The van der Waals surface area contributed by atoms with Crippen molar-refractivity contribution in [3.05, 3.63) is 41.5 Å². The third-order valence-electron chi connectivity index (χ3n) is 1.72. The topological polar surface area (TPSA) is 37.3 Å². The number of carbonyl (C=O) groups excluding carboxylic acids is 1. The first-order valence-corrected chi connectivity index (χ1v) is 4.53. The van der Waals surface area contributed by atoms with E-state index >= 15 is 0 Å². The highest BCUT2D eigenvalue weighted by molar-refractivity contribution is 7.80. The molecular weight excluding hydrogens is 196 g/mol. The summed E-state index contributed by atoms with van der Waals surface area (Å²) in [5.74, 6) is -0.235. The molecule has 1 aromatic carbocycles. The van der Waals surface area contributed by atoms with Crippen LogP contribution in [0.1, 0.15) is 12.5 Å². The molecule has 0 aliphatic heterocycles. The van der Waals surface area contributed by atoms with Crippen LogP contribution in [0.25, 0.3) is 6.08 Å². The second-order valence-corrected chi connectivity index (χ2v) is 3.22. The second kappa shape index (κ2) is 4.67. The Morgan fingerprint density at radius 3 is 2.36 bits per heavy atom. The first kappa shape index (κ1) is 10.6. The van der Waals surface area contributed by atoms with E-state index in [0.717, 1.165) is 5.56 Å². The fraction of sp³-hybridized carbons (Fsp3) is 0.0909. The van der Waals surface area contributed by atoms with E-state index in [2.05, 4.69) is 12.2 Å². The Balaban J connectivity index is 3.06. The van der Waals surface area contributed by atoms with Gasteiger partial charge in [0.15, 0.2) is 10.8 Å². The first-order valence-electron chi connectivity index (χ1n) is 4.12. The van der Waals surface area contributed by atoms with Crippen molar-refractivity contribution < 1.29 is 9.90 Å². The minimum absolute atomic E-state index is 0.172. The molecule has 0 atom stereocenters. The maximum Gasteiger partial charge on any atom is 0.192 e. The van der Waals surface area contributed by atoms with Gasteiger partial charge in [-0.25, -0.2) is 0 Å². The molecule has 0 saturated carbocycles. The van der Waals surface area contributed by atoms with Gasteiger partial charge in [-0.1, -0.05) is 30.3 Å². The number of hydrogen-bond donors (Lipinski definition) is 1. The number of thiocarbonyl (C=S) groups is 1. The summed E-state index contributed by atoms with van der Waals surface area (Å²) >= 11 is 4.56. The van der Waals surface area contributed by atoms with E-state index in [-0.39, 0.29) is 16.4 Å². The Morgan fingerprint density at radius 2 is 1.93 bits per heavy atom. The smallest absolute Gasteiger partial charge is 0.192 e. The summed E-state index contributed by atoms with van der Waals surface area (Å²) in [6.07, 6.45) is 1.57. The van der Waals surface area contributed by atoms with E-state index in [4.69, 9.17) is 5.11 Å². The van der Waals surface area contributed by atoms with Crippen molar-refractivity contribution in [1.82, 2.24) is 0 Å². The molecule has 0 amide bonds. The van der Waals surface area contributed by atoms with Gasteiger partial charge in [0.05, 0.1) is 5.57 Å². The van der Waals surface area contributed by atoms with Gasteiger partial charge >= 0.3 is 0 Å². The maximum absolute atomic E-state index is 11.1. The Kier molecular flexibility index (Phi) is 3.54. The highest BCUT2D eigenvalue weighted by Crippen LogP contribution is 2.08. The van der Waals surface area contributed by atoms with E-state index in [1.54, 1.807) is 6.08 Å². The molecule has 0 radical (unpaired) electrons. The predicted octanol–water partition coefficient (Wildman–Crippen LogP) is 2.54. The molecule has 72 valence electrons. The summed E-state index contributed by atoms with van der Waals surface area (Å²) in [7, 11) is 0. The van der Waals surface area contributed by atoms with Crippen molar-refractivity contribution in [3.63, 3.8) is 0 Å². The maximum atomic E-state index is 11.1. The summed E-state index contributed by atoms with van der Waals surface area (Å²) in [4.78, 5) is 11.1. The Hall–Kier alpha value is -1.48. The van der Waals surface area contributed by atoms with Crippen LogP contribution in [0.3, 0.4) is 0 Å². The second-order valence-electron chi connectivity index (χ2n) is 2.83. The van der Waals surface area contributed by atoms with Crippen LogP contribution in [0.15, 0.2) is 35.9 Å². The molecular formula is C11H10O2S. The normalized spacial score (nSPS) is 11.1. The molecule has 14 heavy (non-hydrogen) atoms. The van der Waals surface area contributed by atoms with Crippen LogP contribution in [-0.2, 0) is 4.79 Å². The summed E-state index contributed by atoms with van der Waals surface area (Å²) in [6, 6.07) is 9.25. The van der Waals surface area contributed by atoms with E-state index in [1.807, 2.05) is 30.3 Å². The number of hydrogen-bond acceptors (Lipinski definition) is 2. The quantitative estimate of drug-likeness (QED) is 0.610. The third-order valence-corrected chi connectivity index (χ3v) is 1.94. The highest BCUT2D eigenvalue weighted by atomic mass is 32.1. The number of aliphatic hydroxyl groups is 1. The lowest BCUT2D eigenvalue weighted by atomic mass is 10.1. The molecule has 0 spiro atoms. The molecule has 0 unspecified atom stereocenters. The van der Waals surface area contributed by atoms with Gasteiger partial charge in [0.1, 0.15) is 0 Å². The van der Waals surface area contributed by atoms with Crippen molar-refractivity contribution >= 4 is 29.1 Å². The molecule has 0 bridgehead atoms. The van der Waals surface area contributed by atoms with Crippen molar-refractivity contribution in [2.75, 3.05) is 0 Å². The van der Waals surface area contributed by atoms with Gasteiger partial charge in [-0.3, -0.25) is 4.79 Å². The number of ketones is 1. The molecule has 0 aromatic heterocycles. The van der Waals surface area contributed by atoms with Gasteiger partial charge in [-0.05, 0) is 30.8 Å². The van der Waals surface area contributed by atoms with Crippen LogP contribution in [0.4, 0.5) is 0 Å². The van der Waals surface area contributed by atoms with Gasteiger partial charge in [-0.15, -0.1) is 0 Å². The van der Waals surface area contributed by atoms with Gasteiger partial charge < -0.3 is 5.11 Å². The molecule has 0 fully saturated rings. The minimum atomic E-state index is -0.360. The van der Waals surface area contributed by atoms with Crippen LogP contribution < -0.4 is 0 Å². The van der Waals surface area contributed by atoms with E-state index in [0.29, 0.717) is 0 Å². The standard InChI is InChI=1S/C11H10O2S/c1-8(12)10(11(13)14)7-9-5-3-2-4-6-9/h2-7H,1H3,(H,13,14). The summed E-state index contributed by atoms with van der Waals surface area (Å²) in [6.45, 7) is 1.37. The molecule has 1 N–H and O–H groups in total. The largest absolute Gasteiger partial charge is 0.498 e. The molecule has 1 aromatic rings. The zero-order valence-corrected chi connectivity index (χ0v) is 8.54. The fourth-order valence-electron chi connectivity index (χ4n) is 1.03. The molecule has 2 nitrogen and oxygen atoms in total. The van der Waals surface area contributed by atoms with Gasteiger partial charge in [-0.2, -0.15) is 0 Å². The van der Waals surface area contributed by atoms with Crippen molar-refractivity contribution in [1.29, 1.82) is 0 Å². The Morgan fingerprint density at radius 1 is 1.36 bits per heavy atom. The molecule has 0 aliphatic carbocycles. The molecule has 1 rings (SSSR count). The monoisotopic (exact) mass is 206 g/mol. The van der Waals surface area contributed by atoms with E-state index < -0.39 is 0 Å². The first-order chi connectivity index (χ1) is 6.61. The number of rotatable bonds is 3. The summed E-state index contributed by atoms with van der Waals surface area (Å²) in [5, 5.41) is 8.73. The number of benzene rings is 1. The van der Waals surface area contributed by atoms with E-state index in [1.165, 1.54) is 6.92 Å². The number of carbonyl (C=O) groups is 1. The molecule has 0 heterocycles. The van der Waals surface area contributed by atoms with Gasteiger partial charge in [0.25, 0.3) is 0 Å². The predicted molar refractivity (Wildman–Crippen MR) is 60.3 cm³/mol. The summed E-state index contributed by atoms with van der Waals surface area (Å²) in [5.41, 5.74) is 1.01. The van der Waals surface area contributed by atoms with Crippen LogP contribution in [0, 0.1) is 0 Å². The van der Waals surface area contributed by atoms with Crippen molar-refractivity contribution in [2.24, 2.45) is 0 Å². The average molecular weight is 206 g/mol. The Bertz CT molecular complexity index is 364. The third kappa shape index (κ3) is 2.78. The SMILES string of the molecule is CC(=O)C(=Cc1ccccc1)C(O)=S. The molecule has 0 aliphatic rings. The lowest BCUT2D eigenvalue weighted by molar-refractivity contribution is -0.113. The zero-order chi connectivity index (χ0) is 10.6. The lowest BCUT2D eigenvalue weighted by Crippen LogP contribution is -2.06. The zero-order valence-electron chi connectivity index (χ0n) is 7.73. The van der Waals surface area contributed by atoms with E-state index in [9.17, 15) is 4.79 Å².